The van der Waals surface area contributed by atoms with Crippen LogP contribution in [0, 0.1) is 5.92 Å². The van der Waals surface area contributed by atoms with Gasteiger partial charge in [-0.1, -0.05) is 12.1 Å². The second-order valence-corrected chi connectivity index (χ2v) is 9.30. The quantitative estimate of drug-likeness (QED) is 0.292. The monoisotopic (exact) mass is 501 g/mol. The molecule has 0 aliphatic carbocycles. The van der Waals surface area contributed by atoms with Gasteiger partial charge in [0.05, 0.1) is 30.3 Å². The Kier molecular flexibility index (Phi) is 7.34. The van der Waals surface area contributed by atoms with Gasteiger partial charge in [-0.05, 0) is 68.2 Å². The topological polar surface area (TPSA) is 124 Å². The van der Waals surface area contributed by atoms with E-state index in [0.29, 0.717) is 64.0 Å². The van der Waals surface area contributed by atoms with Crippen molar-refractivity contribution >= 4 is 16.9 Å². The smallest absolute Gasteiger partial charge is 0.251 e. The van der Waals surface area contributed by atoms with Crippen LogP contribution in [-0.4, -0.2) is 75.9 Å². The van der Waals surface area contributed by atoms with Crippen molar-refractivity contribution < 1.29 is 19.7 Å². The van der Waals surface area contributed by atoms with Gasteiger partial charge in [-0.15, -0.1) is 0 Å². The Morgan fingerprint density at radius 3 is 2.70 bits per heavy atom. The average molecular weight is 502 g/mol. The molecule has 9 nitrogen and oxygen atoms in total. The number of aliphatic hydroxyl groups is 1. The number of imidazole rings is 1. The number of rotatable bonds is 8. The number of para-hydroxylation sites is 1. The molecule has 5 rings (SSSR count). The van der Waals surface area contributed by atoms with Gasteiger partial charge in [-0.3, -0.25) is 4.79 Å². The molecule has 2 aromatic heterocycles. The van der Waals surface area contributed by atoms with E-state index in [4.69, 9.17) is 9.84 Å². The molecule has 37 heavy (non-hydrogen) atoms. The Morgan fingerprint density at radius 1 is 1.14 bits per heavy atom. The lowest BCUT2D eigenvalue weighted by molar-refractivity contribution is 0.0933. The maximum Gasteiger partial charge on any atom is 0.251 e. The summed E-state index contributed by atoms with van der Waals surface area (Å²) in [6.45, 7) is 3.43. The zero-order valence-electron chi connectivity index (χ0n) is 20.8. The van der Waals surface area contributed by atoms with Gasteiger partial charge < -0.3 is 30.2 Å². The maximum atomic E-state index is 12.8. The first-order valence-electron chi connectivity index (χ1n) is 12.5. The minimum atomic E-state index is -0.121. The molecule has 1 aliphatic rings. The molecule has 0 saturated carbocycles. The fraction of sp³-hybridized carbons (Fsp3) is 0.321. The van der Waals surface area contributed by atoms with Crippen molar-refractivity contribution in [3.05, 3.63) is 60.3 Å². The van der Waals surface area contributed by atoms with Gasteiger partial charge in [-0.25, -0.2) is 9.97 Å². The van der Waals surface area contributed by atoms with Crippen LogP contribution in [0.4, 0.5) is 0 Å². The fourth-order valence-electron chi connectivity index (χ4n) is 4.88. The molecule has 0 radical (unpaired) electrons. The Morgan fingerprint density at radius 2 is 1.92 bits per heavy atom. The van der Waals surface area contributed by atoms with Crippen molar-refractivity contribution in [2.24, 2.45) is 5.92 Å². The first kappa shape index (κ1) is 24.7. The Balaban J connectivity index is 1.32. The molecule has 0 atom stereocenters. The summed E-state index contributed by atoms with van der Waals surface area (Å²) in [7, 11) is 1.54. The van der Waals surface area contributed by atoms with E-state index in [2.05, 4.69) is 25.2 Å². The molecule has 0 spiro atoms. The molecule has 0 bridgehead atoms. The summed E-state index contributed by atoms with van der Waals surface area (Å²) >= 11 is 0. The maximum absolute atomic E-state index is 12.8. The summed E-state index contributed by atoms with van der Waals surface area (Å²) in [6.07, 6.45) is 3.66. The van der Waals surface area contributed by atoms with Gasteiger partial charge in [0, 0.05) is 36.0 Å². The van der Waals surface area contributed by atoms with E-state index in [0.717, 1.165) is 25.9 Å². The van der Waals surface area contributed by atoms with Gasteiger partial charge in [0.15, 0.2) is 0 Å². The standard InChI is InChI=1S/C28H31N5O4/c1-37-28-21(6-3-11-29-28)20-4-2-5-22(25(20)35)26-31-23-8-7-19(16-24(23)32-26)27(36)30-17-18-9-12-33(13-10-18)14-15-34/h2-8,11,16,18,34-35H,9-10,12-15,17H2,1H3,(H,30,36)(H,31,32). The lowest BCUT2D eigenvalue weighted by atomic mass is 9.96. The summed E-state index contributed by atoms with van der Waals surface area (Å²) in [6, 6.07) is 14.4. The van der Waals surface area contributed by atoms with Gasteiger partial charge >= 0.3 is 0 Å². The zero-order valence-corrected chi connectivity index (χ0v) is 20.8. The second-order valence-electron chi connectivity index (χ2n) is 9.30. The summed E-state index contributed by atoms with van der Waals surface area (Å²) < 4.78 is 5.36. The van der Waals surface area contributed by atoms with Crippen molar-refractivity contribution in [1.29, 1.82) is 0 Å². The number of hydrogen-bond donors (Lipinski definition) is 4. The van der Waals surface area contributed by atoms with Gasteiger partial charge in [0.1, 0.15) is 11.6 Å². The molecule has 4 aromatic rings. The number of aromatic hydroxyl groups is 1. The molecule has 9 heteroatoms. The van der Waals surface area contributed by atoms with Crippen LogP contribution < -0.4 is 10.1 Å². The molecule has 1 saturated heterocycles. The number of nitrogens with one attached hydrogen (secondary N) is 2. The number of fused-ring (bicyclic) bond motifs is 1. The normalized spacial score (nSPS) is 14.6. The molecule has 4 N–H and O–H groups in total. The fourth-order valence-corrected chi connectivity index (χ4v) is 4.88. The highest BCUT2D eigenvalue weighted by atomic mass is 16.5. The number of nitrogens with zero attached hydrogens (tertiary/aromatic N) is 3. The molecule has 1 aliphatic heterocycles. The molecule has 3 heterocycles. The minimum Gasteiger partial charge on any atom is -0.507 e. The predicted molar refractivity (Wildman–Crippen MR) is 142 cm³/mol. The number of aromatic nitrogens is 3. The number of H-pyrrole nitrogens is 1. The predicted octanol–water partition coefficient (Wildman–Crippen LogP) is 3.44. The number of benzene rings is 2. The van der Waals surface area contributed by atoms with Crippen LogP contribution >= 0.6 is 0 Å². The van der Waals surface area contributed by atoms with Crippen molar-refractivity contribution in [2.75, 3.05) is 39.9 Å². The lowest BCUT2D eigenvalue weighted by Crippen LogP contribution is -2.39. The van der Waals surface area contributed by atoms with Crippen LogP contribution in [0.5, 0.6) is 11.6 Å². The van der Waals surface area contributed by atoms with Gasteiger partial charge in [-0.2, -0.15) is 0 Å². The number of pyridine rings is 1. The summed E-state index contributed by atoms with van der Waals surface area (Å²) in [5.41, 5.74) is 3.77. The number of aromatic amines is 1. The van der Waals surface area contributed by atoms with Crippen molar-refractivity contribution in [1.82, 2.24) is 25.2 Å². The molecular weight excluding hydrogens is 470 g/mol. The third-order valence-electron chi connectivity index (χ3n) is 6.96. The highest BCUT2D eigenvalue weighted by Gasteiger charge is 2.20. The number of phenolic OH excluding ortho intramolecular Hbond substituents is 1. The van der Waals surface area contributed by atoms with Crippen molar-refractivity contribution in [3.63, 3.8) is 0 Å². The number of carbonyl (C=O) groups is 1. The largest absolute Gasteiger partial charge is 0.507 e. The molecule has 1 fully saturated rings. The number of hydrogen-bond acceptors (Lipinski definition) is 7. The van der Waals surface area contributed by atoms with Crippen LogP contribution in [0.15, 0.2) is 54.7 Å². The van der Waals surface area contributed by atoms with E-state index in [1.807, 2.05) is 18.2 Å². The van der Waals surface area contributed by atoms with E-state index in [-0.39, 0.29) is 18.3 Å². The third-order valence-corrected chi connectivity index (χ3v) is 6.96. The van der Waals surface area contributed by atoms with Crippen LogP contribution in [0.25, 0.3) is 33.5 Å². The first-order chi connectivity index (χ1) is 18.1. The Bertz CT molecular complexity index is 1390. The highest BCUT2D eigenvalue weighted by molar-refractivity contribution is 5.98. The number of likely N-dealkylation sites (tertiary alicyclic amines) is 1. The van der Waals surface area contributed by atoms with E-state index in [1.54, 1.807) is 43.6 Å². The number of ether oxygens (including phenoxy) is 1. The summed E-state index contributed by atoms with van der Waals surface area (Å²) in [4.78, 5) is 27.2. The van der Waals surface area contributed by atoms with Crippen molar-refractivity contribution in [3.8, 4) is 34.1 Å². The molecule has 1 amide bonds. The minimum absolute atomic E-state index is 0.0656. The van der Waals surface area contributed by atoms with Crippen LogP contribution in [-0.2, 0) is 0 Å². The number of aliphatic hydroxyl groups excluding tert-OH is 1. The van der Waals surface area contributed by atoms with E-state index < -0.39 is 0 Å². The summed E-state index contributed by atoms with van der Waals surface area (Å²) in [5, 5.41) is 23.3. The van der Waals surface area contributed by atoms with Crippen LogP contribution in [0.1, 0.15) is 23.2 Å². The lowest BCUT2D eigenvalue weighted by Gasteiger charge is -2.31. The highest BCUT2D eigenvalue weighted by Crippen LogP contribution is 2.40. The molecular formula is C28H31N5O4. The van der Waals surface area contributed by atoms with E-state index in [1.165, 1.54) is 0 Å². The summed E-state index contributed by atoms with van der Waals surface area (Å²) in [5.74, 6) is 1.31. The van der Waals surface area contributed by atoms with Crippen LogP contribution in [0.3, 0.4) is 0 Å². The number of phenols is 1. The second kappa shape index (κ2) is 11.0. The van der Waals surface area contributed by atoms with Crippen LogP contribution in [0.2, 0.25) is 0 Å². The van der Waals surface area contributed by atoms with E-state index in [9.17, 15) is 9.90 Å². The molecule has 0 unspecified atom stereocenters. The SMILES string of the molecule is COc1ncccc1-c1cccc(-c2nc3ccc(C(=O)NCC4CCN(CCO)CC4)cc3[nH]2)c1O. The third kappa shape index (κ3) is 5.28. The number of methoxy groups -OCH3 is 1. The zero-order chi connectivity index (χ0) is 25.8. The number of β-amino-alcohol motifs (C(OH)–C–C–N with tert-alkyl or cyclic N) is 1. The number of carbonyl (C=O) groups excluding carboxylic acids is 1. The number of piperidine rings is 1. The molecule has 192 valence electrons. The molecule has 2 aromatic carbocycles. The van der Waals surface area contributed by atoms with Gasteiger partial charge in [0.2, 0.25) is 5.88 Å². The average Bonchev–Trinajstić information content (AvgIpc) is 3.36. The Hall–Kier alpha value is -3.95. The Labute approximate surface area is 215 Å². The van der Waals surface area contributed by atoms with Crippen molar-refractivity contribution in [2.45, 2.75) is 12.8 Å². The van der Waals surface area contributed by atoms with Gasteiger partial charge in [0.25, 0.3) is 5.91 Å². The number of amides is 1. The van der Waals surface area contributed by atoms with E-state index >= 15 is 0 Å². The first-order valence-corrected chi connectivity index (χ1v) is 12.5.